The SMILES string of the molecule is C=C(C)CC(=O)CC(C)COC. The largest absolute Gasteiger partial charge is 0.384 e. The Morgan fingerprint density at radius 1 is 1.58 bits per heavy atom. The summed E-state index contributed by atoms with van der Waals surface area (Å²) in [4.78, 5) is 11.2. The molecule has 0 spiro atoms. The summed E-state index contributed by atoms with van der Waals surface area (Å²) in [5, 5.41) is 0. The molecule has 0 fully saturated rings. The molecule has 0 heterocycles. The van der Waals surface area contributed by atoms with Crippen LogP contribution in [0.5, 0.6) is 0 Å². The van der Waals surface area contributed by atoms with E-state index >= 15 is 0 Å². The van der Waals surface area contributed by atoms with Gasteiger partial charge in [-0.1, -0.05) is 19.1 Å². The van der Waals surface area contributed by atoms with Crippen molar-refractivity contribution >= 4 is 5.78 Å². The Hall–Kier alpha value is -0.630. The van der Waals surface area contributed by atoms with E-state index in [4.69, 9.17) is 4.74 Å². The zero-order valence-corrected chi connectivity index (χ0v) is 8.22. The second-order valence-corrected chi connectivity index (χ2v) is 3.44. The van der Waals surface area contributed by atoms with E-state index in [1.54, 1.807) is 7.11 Å². The molecule has 2 heteroatoms. The molecule has 0 N–H and O–H groups in total. The van der Waals surface area contributed by atoms with Crippen molar-refractivity contribution in [2.45, 2.75) is 26.7 Å². The van der Waals surface area contributed by atoms with Crippen LogP contribution in [0.3, 0.4) is 0 Å². The first-order valence-electron chi connectivity index (χ1n) is 4.21. The third kappa shape index (κ3) is 6.10. The summed E-state index contributed by atoms with van der Waals surface area (Å²) < 4.78 is 4.93. The minimum absolute atomic E-state index is 0.257. The quantitative estimate of drug-likeness (QED) is 0.571. The number of ketones is 1. The number of methoxy groups -OCH3 is 1. The average Bonchev–Trinajstić information content (AvgIpc) is 1.84. The van der Waals surface area contributed by atoms with Gasteiger partial charge in [0, 0.05) is 26.6 Å². The minimum atomic E-state index is 0.257. The number of carbonyl (C=O) groups is 1. The van der Waals surface area contributed by atoms with Crippen LogP contribution < -0.4 is 0 Å². The van der Waals surface area contributed by atoms with Gasteiger partial charge in [0.1, 0.15) is 5.78 Å². The van der Waals surface area contributed by atoms with Crippen LogP contribution in [0.1, 0.15) is 26.7 Å². The molecule has 0 aromatic heterocycles. The van der Waals surface area contributed by atoms with Gasteiger partial charge in [-0.05, 0) is 12.8 Å². The third-order valence-corrected chi connectivity index (χ3v) is 1.53. The van der Waals surface area contributed by atoms with Gasteiger partial charge in [-0.2, -0.15) is 0 Å². The molecule has 0 rings (SSSR count). The zero-order valence-electron chi connectivity index (χ0n) is 8.22. The lowest BCUT2D eigenvalue weighted by Crippen LogP contribution is -2.10. The Labute approximate surface area is 74.6 Å². The lowest BCUT2D eigenvalue weighted by molar-refractivity contribution is -0.119. The second kappa shape index (κ2) is 5.95. The van der Waals surface area contributed by atoms with E-state index in [1.165, 1.54) is 0 Å². The molecule has 0 aliphatic carbocycles. The highest BCUT2D eigenvalue weighted by Crippen LogP contribution is 2.07. The maximum absolute atomic E-state index is 11.2. The highest BCUT2D eigenvalue weighted by molar-refractivity contribution is 5.80. The van der Waals surface area contributed by atoms with E-state index in [2.05, 4.69) is 6.58 Å². The molecule has 0 bridgehead atoms. The fraction of sp³-hybridized carbons (Fsp3) is 0.700. The first-order valence-corrected chi connectivity index (χ1v) is 4.21. The number of hydrogen-bond acceptors (Lipinski definition) is 2. The molecular formula is C10H18O2. The van der Waals surface area contributed by atoms with Gasteiger partial charge in [-0.15, -0.1) is 0 Å². The summed E-state index contributed by atoms with van der Waals surface area (Å²) in [5.41, 5.74) is 0.935. The molecule has 12 heavy (non-hydrogen) atoms. The molecule has 0 saturated carbocycles. The van der Waals surface area contributed by atoms with E-state index in [1.807, 2.05) is 13.8 Å². The normalized spacial score (nSPS) is 12.6. The van der Waals surface area contributed by atoms with Crippen molar-refractivity contribution in [1.29, 1.82) is 0 Å². The van der Waals surface area contributed by atoms with E-state index in [0.29, 0.717) is 25.4 Å². The van der Waals surface area contributed by atoms with Crippen molar-refractivity contribution in [2.24, 2.45) is 5.92 Å². The standard InChI is InChI=1S/C10H18O2/c1-8(2)5-10(11)6-9(3)7-12-4/h9H,1,5-7H2,2-4H3. The van der Waals surface area contributed by atoms with Crippen LogP contribution >= 0.6 is 0 Å². The van der Waals surface area contributed by atoms with Crippen molar-refractivity contribution in [3.63, 3.8) is 0 Å². The van der Waals surface area contributed by atoms with Crippen LogP contribution in [0.25, 0.3) is 0 Å². The number of hydrogen-bond donors (Lipinski definition) is 0. The van der Waals surface area contributed by atoms with Crippen molar-refractivity contribution in [2.75, 3.05) is 13.7 Å². The smallest absolute Gasteiger partial charge is 0.137 e. The Bertz CT molecular complexity index is 161. The first kappa shape index (κ1) is 11.4. The molecule has 1 unspecified atom stereocenters. The third-order valence-electron chi connectivity index (χ3n) is 1.53. The van der Waals surface area contributed by atoms with Gasteiger partial charge >= 0.3 is 0 Å². The molecule has 0 aliphatic heterocycles. The fourth-order valence-corrected chi connectivity index (χ4v) is 1.14. The highest BCUT2D eigenvalue weighted by Gasteiger charge is 2.08. The highest BCUT2D eigenvalue weighted by atomic mass is 16.5. The lowest BCUT2D eigenvalue weighted by Gasteiger charge is -2.08. The average molecular weight is 170 g/mol. The number of allylic oxidation sites excluding steroid dienone is 1. The maximum Gasteiger partial charge on any atom is 0.137 e. The molecule has 2 nitrogen and oxygen atoms in total. The molecule has 0 aromatic carbocycles. The first-order chi connectivity index (χ1) is 5.56. The minimum Gasteiger partial charge on any atom is -0.384 e. The molecule has 0 radical (unpaired) electrons. The Balaban J connectivity index is 3.61. The van der Waals surface area contributed by atoms with Gasteiger partial charge < -0.3 is 4.74 Å². The van der Waals surface area contributed by atoms with Crippen LogP contribution in [-0.2, 0) is 9.53 Å². The lowest BCUT2D eigenvalue weighted by atomic mass is 10.0. The number of carbonyl (C=O) groups excluding carboxylic acids is 1. The van der Waals surface area contributed by atoms with Crippen molar-refractivity contribution in [3.05, 3.63) is 12.2 Å². The van der Waals surface area contributed by atoms with Gasteiger partial charge in [0.2, 0.25) is 0 Å². The Morgan fingerprint density at radius 2 is 2.17 bits per heavy atom. The summed E-state index contributed by atoms with van der Waals surface area (Å²) in [6.45, 7) is 8.24. The molecule has 0 amide bonds. The van der Waals surface area contributed by atoms with E-state index in [0.717, 1.165) is 5.57 Å². The number of ether oxygens (including phenoxy) is 1. The van der Waals surface area contributed by atoms with Crippen molar-refractivity contribution < 1.29 is 9.53 Å². The molecule has 70 valence electrons. The Kier molecular flexibility index (Phi) is 5.64. The molecular weight excluding hydrogens is 152 g/mol. The summed E-state index contributed by atoms with van der Waals surface area (Å²) in [6, 6.07) is 0. The van der Waals surface area contributed by atoms with Crippen LogP contribution in [0.15, 0.2) is 12.2 Å². The maximum atomic E-state index is 11.2. The van der Waals surface area contributed by atoms with Gasteiger partial charge in [-0.3, -0.25) is 4.79 Å². The van der Waals surface area contributed by atoms with Crippen LogP contribution in [0.4, 0.5) is 0 Å². The van der Waals surface area contributed by atoms with Gasteiger partial charge in [-0.25, -0.2) is 0 Å². The van der Waals surface area contributed by atoms with E-state index < -0.39 is 0 Å². The molecule has 0 aromatic rings. The van der Waals surface area contributed by atoms with E-state index in [9.17, 15) is 4.79 Å². The van der Waals surface area contributed by atoms with Gasteiger partial charge in [0.15, 0.2) is 0 Å². The summed E-state index contributed by atoms with van der Waals surface area (Å²) in [7, 11) is 1.65. The summed E-state index contributed by atoms with van der Waals surface area (Å²) in [5.74, 6) is 0.578. The van der Waals surface area contributed by atoms with Crippen LogP contribution in [0.2, 0.25) is 0 Å². The van der Waals surface area contributed by atoms with Crippen LogP contribution in [0, 0.1) is 5.92 Å². The topological polar surface area (TPSA) is 26.3 Å². The fourth-order valence-electron chi connectivity index (χ4n) is 1.14. The molecule has 1 atom stereocenters. The molecule has 0 aliphatic rings. The monoisotopic (exact) mass is 170 g/mol. The predicted molar refractivity (Wildman–Crippen MR) is 50.1 cm³/mol. The Morgan fingerprint density at radius 3 is 2.58 bits per heavy atom. The zero-order chi connectivity index (χ0) is 9.56. The van der Waals surface area contributed by atoms with Gasteiger partial charge in [0.25, 0.3) is 0 Å². The van der Waals surface area contributed by atoms with Crippen LogP contribution in [-0.4, -0.2) is 19.5 Å². The molecule has 0 saturated heterocycles. The summed E-state index contributed by atoms with van der Waals surface area (Å²) in [6.07, 6.45) is 1.11. The summed E-state index contributed by atoms with van der Waals surface area (Å²) >= 11 is 0. The number of rotatable bonds is 6. The van der Waals surface area contributed by atoms with E-state index in [-0.39, 0.29) is 5.78 Å². The predicted octanol–water partition coefficient (Wildman–Crippen LogP) is 2.19. The number of Topliss-reactive ketones (excluding diaryl/α,β-unsaturated/α-hetero) is 1. The van der Waals surface area contributed by atoms with Gasteiger partial charge in [0.05, 0.1) is 0 Å². The van der Waals surface area contributed by atoms with Crippen molar-refractivity contribution in [1.82, 2.24) is 0 Å². The second-order valence-electron chi connectivity index (χ2n) is 3.44. The van der Waals surface area contributed by atoms with Crippen molar-refractivity contribution in [3.8, 4) is 0 Å².